The van der Waals surface area contributed by atoms with Crippen molar-refractivity contribution in [3.8, 4) is 0 Å². The van der Waals surface area contributed by atoms with E-state index in [9.17, 15) is 0 Å². The third kappa shape index (κ3) is 1.34. The molecule has 1 heteroatoms. The van der Waals surface area contributed by atoms with Crippen LogP contribution in [0, 0.1) is 0 Å². The van der Waals surface area contributed by atoms with Crippen molar-refractivity contribution >= 4 is 0 Å². The van der Waals surface area contributed by atoms with E-state index in [1.54, 1.807) is 5.57 Å². The van der Waals surface area contributed by atoms with E-state index < -0.39 is 0 Å². The maximum Gasteiger partial charge on any atom is 0.0164 e. The first kappa shape index (κ1) is 5.83. The van der Waals surface area contributed by atoms with Gasteiger partial charge in [0.15, 0.2) is 0 Å². The number of hydrogen-bond donors (Lipinski definition) is 1. The van der Waals surface area contributed by atoms with Crippen molar-refractivity contribution < 1.29 is 0 Å². The molecule has 0 radical (unpaired) electrons. The second-order valence-corrected chi connectivity index (χ2v) is 2.23. The first-order chi connectivity index (χ1) is 3.93. The third-order valence-corrected chi connectivity index (χ3v) is 1.61. The zero-order chi connectivity index (χ0) is 5.82. The van der Waals surface area contributed by atoms with Gasteiger partial charge in [-0.1, -0.05) is 11.6 Å². The molecule has 8 heavy (non-hydrogen) atoms. The van der Waals surface area contributed by atoms with E-state index in [1.165, 1.54) is 19.4 Å². The maximum absolute atomic E-state index is 3.32. The van der Waals surface area contributed by atoms with Gasteiger partial charge in [0.25, 0.3) is 0 Å². The van der Waals surface area contributed by atoms with E-state index in [2.05, 4.69) is 18.3 Å². The van der Waals surface area contributed by atoms with E-state index >= 15 is 0 Å². The molecule has 1 N–H and O–H groups in total. The lowest BCUT2D eigenvalue weighted by molar-refractivity contribution is 0.609. The largest absolute Gasteiger partial charge is 0.313 e. The Balaban J connectivity index is 2.33. The van der Waals surface area contributed by atoms with Crippen LogP contribution in [0.4, 0.5) is 0 Å². The average Bonchev–Trinajstić information content (AvgIpc) is 1.90. The normalized spacial score (nSPS) is 26.4. The molecule has 1 rings (SSSR count). The molecule has 0 atom stereocenters. The molecule has 1 aliphatic heterocycles. The Morgan fingerprint density at radius 3 is 2.88 bits per heavy atom. The molecule has 1 nitrogen and oxygen atoms in total. The fourth-order valence-corrected chi connectivity index (χ4v) is 1.02. The van der Waals surface area contributed by atoms with Crippen LogP contribution in [0.15, 0.2) is 11.6 Å². The molecule has 0 unspecified atom stereocenters. The Morgan fingerprint density at radius 2 is 2.50 bits per heavy atom. The van der Waals surface area contributed by atoms with Crippen molar-refractivity contribution in [2.75, 3.05) is 13.1 Å². The molecule has 1 saturated heterocycles. The van der Waals surface area contributed by atoms with Crippen LogP contribution in [0.1, 0.15) is 19.8 Å². The van der Waals surface area contributed by atoms with Crippen LogP contribution in [-0.2, 0) is 0 Å². The molecule has 1 heterocycles. The van der Waals surface area contributed by atoms with E-state index in [1.807, 2.05) is 0 Å². The first-order valence-electron chi connectivity index (χ1n) is 3.28. The number of piperidine rings is 1. The van der Waals surface area contributed by atoms with Gasteiger partial charge in [0, 0.05) is 6.54 Å². The Labute approximate surface area is 50.8 Å². The van der Waals surface area contributed by atoms with Crippen molar-refractivity contribution in [2.45, 2.75) is 19.8 Å². The highest BCUT2D eigenvalue weighted by molar-refractivity contribution is 5.04. The third-order valence-electron chi connectivity index (χ3n) is 1.61. The number of nitrogens with one attached hydrogen (secondary N) is 1. The molecule has 0 aliphatic carbocycles. The first-order valence-corrected chi connectivity index (χ1v) is 3.28. The highest BCUT2D eigenvalue weighted by Crippen LogP contribution is 2.06. The minimum absolute atomic E-state index is 1.12. The number of rotatable bonds is 0. The predicted octanol–water partition coefficient (Wildman–Crippen LogP) is 1.32. The van der Waals surface area contributed by atoms with Gasteiger partial charge in [0.2, 0.25) is 0 Å². The Hall–Kier alpha value is -0.300. The van der Waals surface area contributed by atoms with E-state index in [0.717, 1.165) is 6.54 Å². The molecular weight excluding hydrogens is 98.1 g/mol. The molecule has 0 aromatic rings. The summed E-state index contributed by atoms with van der Waals surface area (Å²) in [4.78, 5) is 0. The molecule has 0 amide bonds. The Bertz CT molecular complexity index is 86.6. The lowest BCUT2D eigenvalue weighted by Crippen LogP contribution is -2.23. The van der Waals surface area contributed by atoms with E-state index in [4.69, 9.17) is 0 Å². The summed E-state index contributed by atoms with van der Waals surface area (Å²) in [5, 5.41) is 3.32. The minimum atomic E-state index is 1.12. The van der Waals surface area contributed by atoms with Crippen LogP contribution in [0.25, 0.3) is 0 Å². The molecule has 0 spiro atoms. The van der Waals surface area contributed by atoms with Crippen molar-refractivity contribution in [2.24, 2.45) is 0 Å². The van der Waals surface area contributed by atoms with Gasteiger partial charge in [-0.25, -0.2) is 0 Å². The number of hydrogen-bond acceptors (Lipinski definition) is 1. The van der Waals surface area contributed by atoms with Crippen LogP contribution >= 0.6 is 0 Å². The zero-order valence-electron chi connectivity index (χ0n) is 5.41. The molecule has 1 fully saturated rings. The van der Waals surface area contributed by atoms with Gasteiger partial charge in [0.1, 0.15) is 0 Å². The predicted molar refractivity (Wildman–Crippen MR) is 35.9 cm³/mol. The summed E-state index contributed by atoms with van der Waals surface area (Å²) in [5.41, 5.74) is 1.57. The van der Waals surface area contributed by atoms with Gasteiger partial charge >= 0.3 is 0 Å². The summed E-state index contributed by atoms with van der Waals surface area (Å²) in [5.74, 6) is 0. The van der Waals surface area contributed by atoms with Gasteiger partial charge in [-0.2, -0.15) is 0 Å². The van der Waals surface area contributed by atoms with Crippen LogP contribution in [-0.4, -0.2) is 13.1 Å². The topological polar surface area (TPSA) is 12.0 Å². The zero-order valence-corrected chi connectivity index (χ0v) is 5.41. The van der Waals surface area contributed by atoms with Crippen LogP contribution in [0.2, 0.25) is 0 Å². The van der Waals surface area contributed by atoms with Crippen molar-refractivity contribution in [1.82, 2.24) is 5.32 Å². The van der Waals surface area contributed by atoms with Crippen LogP contribution in [0.5, 0.6) is 0 Å². The minimum Gasteiger partial charge on any atom is -0.313 e. The lowest BCUT2D eigenvalue weighted by Gasteiger charge is -2.13. The Kier molecular flexibility index (Phi) is 2.10. The van der Waals surface area contributed by atoms with Crippen molar-refractivity contribution in [3.63, 3.8) is 0 Å². The fourth-order valence-electron chi connectivity index (χ4n) is 1.02. The summed E-state index contributed by atoms with van der Waals surface area (Å²) in [6, 6.07) is 0. The van der Waals surface area contributed by atoms with E-state index in [-0.39, 0.29) is 0 Å². The molecule has 46 valence electrons. The Morgan fingerprint density at radius 1 is 1.62 bits per heavy atom. The highest BCUT2D eigenvalue weighted by atomic mass is 14.9. The molecule has 0 aromatic carbocycles. The van der Waals surface area contributed by atoms with Crippen LogP contribution in [0.3, 0.4) is 0 Å². The molecule has 0 saturated carbocycles. The molecular formula is C7H13N. The molecule has 1 aliphatic rings. The smallest absolute Gasteiger partial charge is 0.0164 e. The van der Waals surface area contributed by atoms with Gasteiger partial charge in [0.05, 0.1) is 0 Å². The van der Waals surface area contributed by atoms with Gasteiger partial charge < -0.3 is 5.32 Å². The quantitative estimate of drug-likeness (QED) is 0.465. The van der Waals surface area contributed by atoms with Crippen LogP contribution < -0.4 is 5.32 Å². The van der Waals surface area contributed by atoms with Crippen molar-refractivity contribution in [1.29, 1.82) is 0 Å². The van der Waals surface area contributed by atoms with Gasteiger partial charge in [-0.05, 0) is 26.3 Å². The fraction of sp³-hybridized carbons (Fsp3) is 0.714. The summed E-state index contributed by atoms with van der Waals surface area (Å²) in [7, 11) is 0. The molecule has 0 aromatic heterocycles. The SMILES string of the molecule is C/C=C1\CCCNC1. The summed E-state index contributed by atoms with van der Waals surface area (Å²) < 4.78 is 0. The number of allylic oxidation sites excluding steroid dienone is 1. The second kappa shape index (κ2) is 2.88. The standard InChI is InChI=1S/C7H13N/c1-2-7-4-3-5-8-6-7/h2,8H,3-6H2,1H3/b7-2+. The summed E-state index contributed by atoms with van der Waals surface area (Å²) in [6.45, 7) is 4.44. The summed E-state index contributed by atoms with van der Waals surface area (Å²) >= 11 is 0. The highest BCUT2D eigenvalue weighted by Gasteiger charge is 2.00. The maximum atomic E-state index is 3.32. The van der Waals surface area contributed by atoms with Gasteiger partial charge in [-0.15, -0.1) is 0 Å². The second-order valence-electron chi connectivity index (χ2n) is 2.23. The lowest BCUT2D eigenvalue weighted by atomic mass is 10.1. The monoisotopic (exact) mass is 111 g/mol. The average molecular weight is 111 g/mol. The molecule has 0 bridgehead atoms. The summed E-state index contributed by atoms with van der Waals surface area (Å²) in [6.07, 6.45) is 4.84. The van der Waals surface area contributed by atoms with Crippen molar-refractivity contribution in [3.05, 3.63) is 11.6 Å². The van der Waals surface area contributed by atoms with Gasteiger partial charge in [-0.3, -0.25) is 0 Å². The van der Waals surface area contributed by atoms with E-state index in [0.29, 0.717) is 0 Å².